The molecule has 0 amide bonds. The van der Waals surface area contributed by atoms with Crippen LogP contribution in [0.5, 0.6) is 0 Å². The number of nitrogens with zero attached hydrogens (tertiary/aromatic N) is 2. The molecule has 2 rings (SSSR count). The summed E-state index contributed by atoms with van der Waals surface area (Å²) in [7, 11) is 0. The van der Waals surface area contributed by atoms with E-state index in [2.05, 4.69) is 9.98 Å². The lowest BCUT2D eigenvalue weighted by atomic mass is 9.91. The zero-order valence-electron chi connectivity index (χ0n) is 10.8. The second-order valence-electron chi connectivity index (χ2n) is 5.12. The van der Waals surface area contributed by atoms with Crippen LogP contribution in [0.15, 0.2) is 9.98 Å². The van der Waals surface area contributed by atoms with Crippen molar-refractivity contribution in [2.45, 2.75) is 37.9 Å². The Morgan fingerprint density at radius 1 is 0.944 bits per heavy atom. The largest absolute Gasteiger partial charge is 0.477 e. The molecule has 0 fully saturated rings. The molecule has 0 aromatic heterocycles. The Morgan fingerprint density at radius 3 is 1.61 bits per heavy atom. The van der Waals surface area contributed by atoms with Crippen LogP contribution in [0.1, 0.15) is 26.7 Å². The summed E-state index contributed by atoms with van der Waals surface area (Å²) in [5, 5.41) is 20.5. The first-order valence-electron chi connectivity index (χ1n) is 6.22. The van der Waals surface area contributed by atoms with E-state index >= 15 is 0 Å². The van der Waals surface area contributed by atoms with E-state index < -0.39 is 11.2 Å². The molecule has 0 bridgehead atoms. The van der Waals surface area contributed by atoms with Crippen LogP contribution in [0, 0.1) is 0 Å². The molecule has 18 heavy (non-hydrogen) atoms. The maximum absolute atomic E-state index is 10.3. The minimum atomic E-state index is -1.15. The van der Waals surface area contributed by atoms with Gasteiger partial charge in [0.1, 0.15) is 24.4 Å². The molecule has 0 aliphatic carbocycles. The van der Waals surface area contributed by atoms with Crippen LogP contribution in [-0.2, 0) is 9.47 Å². The molecular weight excluding hydrogens is 236 g/mol. The van der Waals surface area contributed by atoms with Gasteiger partial charge in [0.25, 0.3) is 0 Å². The summed E-state index contributed by atoms with van der Waals surface area (Å²) in [4.78, 5) is 8.21. The number of hydrogen-bond acceptors (Lipinski definition) is 6. The van der Waals surface area contributed by atoms with Crippen LogP contribution >= 0.6 is 0 Å². The third kappa shape index (κ3) is 2.81. The van der Waals surface area contributed by atoms with Gasteiger partial charge in [0.2, 0.25) is 11.8 Å². The van der Waals surface area contributed by atoms with Gasteiger partial charge in [0.15, 0.2) is 0 Å². The number of rotatable bonds is 5. The van der Waals surface area contributed by atoms with E-state index in [9.17, 15) is 10.2 Å². The lowest BCUT2D eigenvalue weighted by molar-refractivity contribution is 0.0455. The van der Waals surface area contributed by atoms with Gasteiger partial charge in [-0.1, -0.05) is 0 Å². The number of ether oxygens (including phenoxy) is 2. The maximum atomic E-state index is 10.3. The van der Waals surface area contributed by atoms with Gasteiger partial charge in [-0.25, -0.2) is 9.98 Å². The molecule has 2 aliphatic heterocycles. The molecule has 2 atom stereocenters. The number of hydrogen-bond donors (Lipinski definition) is 2. The average Bonchev–Trinajstić information content (AvgIpc) is 2.99. The molecule has 2 heterocycles. The van der Waals surface area contributed by atoms with E-state index in [0.717, 1.165) is 0 Å². The smallest absolute Gasteiger partial charge is 0.216 e. The lowest BCUT2D eigenvalue weighted by Gasteiger charge is -2.28. The molecule has 0 aromatic carbocycles. The molecule has 0 saturated heterocycles. The van der Waals surface area contributed by atoms with E-state index in [1.807, 2.05) is 0 Å². The highest BCUT2D eigenvalue weighted by Gasteiger charge is 2.38. The normalized spacial score (nSPS) is 25.6. The zero-order chi connectivity index (χ0) is 13.2. The van der Waals surface area contributed by atoms with Gasteiger partial charge < -0.3 is 19.7 Å². The predicted octanol–water partition coefficient (Wildman–Crippen LogP) is 0.126. The summed E-state index contributed by atoms with van der Waals surface area (Å²) < 4.78 is 10.5. The van der Waals surface area contributed by atoms with E-state index in [1.54, 1.807) is 13.8 Å². The lowest BCUT2D eigenvalue weighted by Crippen LogP contribution is -2.41. The molecule has 6 nitrogen and oxygen atoms in total. The third-order valence-electron chi connectivity index (χ3n) is 3.19. The van der Waals surface area contributed by atoms with Crippen LogP contribution in [0.2, 0.25) is 0 Å². The molecule has 102 valence electrons. The van der Waals surface area contributed by atoms with Crippen molar-refractivity contribution in [1.29, 1.82) is 0 Å². The van der Waals surface area contributed by atoms with Crippen molar-refractivity contribution in [2.24, 2.45) is 9.98 Å². The van der Waals surface area contributed by atoms with Crippen molar-refractivity contribution in [2.75, 3.05) is 26.3 Å². The Labute approximate surface area is 106 Å². The maximum Gasteiger partial charge on any atom is 0.216 e. The topological polar surface area (TPSA) is 83.6 Å². The number of aliphatic imine (C=N–C) groups is 2. The van der Waals surface area contributed by atoms with Gasteiger partial charge in [-0.3, -0.25) is 0 Å². The van der Waals surface area contributed by atoms with Crippen molar-refractivity contribution >= 4 is 11.8 Å². The highest BCUT2D eigenvalue weighted by molar-refractivity contribution is 5.87. The monoisotopic (exact) mass is 256 g/mol. The van der Waals surface area contributed by atoms with Gasteiger partial charge in [-0.15, -0.1) is 0 Å². The van der Waals surface area contributed by atoms with Crippen molar-refractivity contribution in [3.8, 4) is 0 Å². The summed E-state index contributed by atoms with van der Waals surface area (Å²) in [5.74, 6) is 0.708. The first-order valence-corrected chi connectivity index (χ1v) is 6.22. The van der Waals surface area contributed by atoms with Gasteiger partial charge in [0, 0.05) is 0 Å². The Bertz CT molecular complexity index is 338. The average molecular weight is 256 g/mol. The summed E-state index contributed by atoms with van der Waals surface area (Å²) >= 11 is 0. The highest BCUT2D eigenvalue weighted by atomic mass is 16.5. The van der Waals surface area contributed by atoms with Crippen molar-refractivity contribution in [3.05, 3.63) is 0 Å². The van der Waals surface area contributed by atoms with Crippen molar-refractivity contribution < 1.29 is 19.7 Å². The van der Waals surface area contributed by atoms with E-state index in [1.165, 1.54) is 0 Å². The predicted molar refractivity (Wildman–Crippen MR) is 67.0 cm³/mol. The first-order chi connectivity index (χ1) is 8.42. The molecule has 6 heteroatoms. The Hall–Kier alpha value is -1.14. The quantitative estimate of drug-likeness (QED) is 0.732. The minimum Gasteiger partial charge on any atom is -0.477 e. The fraction of sp³-hybridized carbons (Fsp3) is 0.833. The second kappa shape index (κ2) is 4.85. The minimum absolute atomic E-state index is 0.335. The summed E-state index contributed by atoms with van der Waals surface area (Å²) in [6.45, 7) is 5.47. The molecule has 0 spiro atoms. The summed E-state index contributed by atoms with van der Waals surface area (Å²) in [5.41, 5.74) is -2.31. The molecule has 0 aromatic rings. The highest BCUT2D eigenvalue weighted by Crippen LogP contribution is 2.25. The van der Waals surface area contributed by atoms with Crippen molar-refractivity contribution in [3.63, 3.8) is 0 Å². The van der Waals surface area contributed by atoms with Gasteiger partial charge >= 0.3 is 0 Å². The third-order valence-corrected chi connectivity index (χ3v) is 3.19. The molecular formula is C12H20N2O4. The van der Waals surface area contributed by atoms with Crippen LogP contribution < -0.4 is 0 Å². The van der Waals surface area contributed by atoms with E-state index in [4.69, 9.17) is 9.47 Å². The first kappa shape index (κ1) is 13.3. The summed E-state index contributed by atoms with van der Waals surface area (Å²) in [6.07, 6.45) is 0.669. The summed E-state index contributed by atoms with van der Waals surface area (Å²) in [6, 6.07) is 0. The molecule has 0 radical (unpaired) electrons. The zero-order valence-corrected chi connectivity index (χ0v) is 10.8. The van der Waals surface area contributed by atoms with Gasteiger partial charge in [-0.2, -0.15) is 0 Å². The molecule has 2 aliphatic rings. The molecule has 2 N–H and O–H groups in total. The molecule has 2 unspecified atom stereocenters. The van der Waals surface area contributed by atoms with E-state index in [0.29, 0.717) is 50.9 Å². The fourth-order valence-electron chi connectivity index (χ4n) is 2.02. The van der Waals surface area contributed by atoms with Crippen LogP contribution in [0.25, 0.3) is 0 Å². The van der Waals surface area contributed by atoms with Crippen LogP contribution in [0.4, 0.5) is 0 Å². The Kier molecular flexibility index (Phi) is 3.59. The fourth-order valence-corrected chi connectivity index (χ4v) is 2.02. The second-order valence-corrected chi connectivity index (χ2v) is 5.12. The van der Waals surface area contributed by atoms with Crippen LogP contribution in [-0.4, -0.2) is 59.5 Å². The SMILES string of the molecule is CC(O)(CCC(C)(O)C1=NCCO1)C1=NCCO1. The van der Waals surface area contributed by atoms with Gasteiger partial charge in [-0.05, 0) is 26.7 Å². The van der Waals surface area contributed by atoms with E-state index in [-0.39, 0.29) is 0 Å². The van der Waals surface area contributed by atoms with Gasteiger partial charge in [0.05, 0.1) is 13.1 Å². The molecule has 0 saturated carbocycles. The Morgan fingerprint density at radius 2 is 1.33 bits per heavy atom. The Balaban J connectivity index is 1.93. The standard InChI is InChI=1S/C12H20N2O4/c1-11(15,9-13-5-7-17-9)3-4-12(2,16)10-14-6-8-18-10/h15-16H,3-8H2,1-2H3. The van der Waals surface area contributed by atoms with Crippen molar-refractivity contribution in [1.82, 2.24) is 0 Å². The van der Waals surface area contributed by atoms with Crippen LogP contribution in [0.3, 0.4) is 0 Å². The number of aliphatic hydroxyl groups is 2.